The third-order valence-corrected chi connectivity index (χ3v) is 1.46. The van der Waals surface area contributed by atoms with Gasteiger partial charge < -0.3 is 0 Å². The van der Waals surface area contributed by atoms with Crippen molar-refractivity contribution in [3.05, 3.63) is 29.8 Å². The summed E-state index contributed by atoms with van der Waals surface area (Å²) in [5, 5.41) is 0. The number of nitrogens with one attached hydrogen (secondary N) is 1. The molecule has 0 heterocycles. The smallest absolute Gasteiger partial charge is 0.261 e. The van der Waals surface area contributed by atoms with Crippen molar-refractivity contribution in [1.29, 1.82) is 0 Å². The fourth-order valence-electron chi connectivity index (χ4n) is 0.872. The molecule has 0 amide bonds. The number of anilines is 1. The van der Waals surface area contributed by atoms with Crippen molar-refractivity contribution in [3.8, 4) is 0 Å². The number of halogens is 5. The van der Waals surface area contributed by atoms with Gasteiger partial charge in [0.25, 0.3) is 0 Å². The molecular weight excluding hydrogens is 221 g/mol. The Hall–Kier alpha value is -1.37. The van der Waals surface area contributed by atoms with Crippen LogP contribution < -0.4 is 5.48 Å². The lowest BCUT2D eigenvalue weighted by atomic mass is 10.2. The molecule has 0 bridgehead atoms. The van der Waals surface area contributed by atoms with Gasteiger partial charge in [0.15, 0.2) is 0 Å². The first kappa shape index (κ1) is 11.7. The predicted molar refractivity (Wildman–Crippen MR) is 42.2 cm³/mol. The van der Waals surface area contributed by atoms with Gasteiger partial charge in [0.05, 0.1) is 11.3 Å². The van der Waals surface area contributed by atoms with Gasteiger partial charge in [0, 0.05) is 0 Å². The largest absolute Gasteiger partial charge is 0.416 e. The summed E-state index contributed by atoms with van der Waals surface area (Å²) >= 11 is 0. The Bertz CT molecular complexity index is 325. The third kappa shape index (κ3) is 3.70. The fraction of sp³-hybridized carbons (Fsp3) is 0.250. The van der Waals surface area contributed by atoms with Gasteiger partial charge >= 0.3 is 12.8 Å². The maximum Gasteiger partial charge on any atom is 0.416 e. The van der Waals surface area contributed by atoms with Gasteiger partial charge in [-0.2, -0.15) is 22.0 Å². The van der Waals surface area contributed by atoms with Crippen molar-refractivity contribution in [2.24, 2.45) is 0 Å². The van der Waals surface area contributed by atoms with Crippen LogP contribution in [0.4, 0.5) is 27.6 Å². The second-order valence-corrected chi connectivity index (χ2v) is 2.56. The van der Waals surface area contributed by atoms with E-state index in [9.17, 15) is 22.0 Å². The van der Waals surface area contributed by atoms with Gasteiger partial charge in [-0.15, -0.1) is 0 Å². The molecule has 0 aliphatic heterocycles. The maximum absolute atomic E-state index is 12.1. The Labute approximate surface area is 81.6 Å². The molecule has 84 valence electrons. The van der Waals surface area contributed by atoms with Crippen LogP contribution in [0.15, 0.2) is 24.3 Å². The summed E-state index contributed by atoms with van der Waals surface area (Å²) in [6, 6.07) is 3.76. The molecule has 0 aliphatic carbocycles. The van der Waals surface area contributed by atoms with Gasteiger partial charge in [-0.05, 0) is 18.2 Å². The minimum atomic E-state index is -4.51. The van der Waals surface area contributed by atoms with E-state index in [4.69, 9.17) is 0 Å². The molecule has 1 rings (SSSR count). The van der Waals surface area contributed by atoms with E-state index in [1.165, 1.54) is 6.07 Å². The molecule has 2 nitrogen and oxygen atoms in total. The van der Waals surface area contributed by atoms with Gasteiger partial charge in [0.2, 0.25) is 0 Å². The second-order valence-electron chi connectivity index (χ2n) is 2.56. The maximum atomic E-state index is 12.1. The summed E-state index contributed by atoms with van der Waals surface area (Å²) in [5.41, 5.74) is 0.577. The third-order valence-electron chi connectivity index (χ3n) is 1.46. The van der Waals surface area contributed by atoms with E-state index in [0.29, 0.717) is 6.07 Å². The highest BCUT2D eigenvalue weighted by Crippen LogP contribution is 2.30. The highest BCUT2D eigenvalue weighted by molar-refractivity contribution is 5.44. The quantitative estimate of drug-likeness (QED) is 0.632. The Morgan fingerprint density at radius 2 is 1.87 bits per heavy atom. The van der Waals surface area contributed by atoms with Crippen LogP contribution in [0.1, 0.15) is 5.56 Å². The van der Waals surface area contributed by atoms with E-state index in [2.05, 4.69) is 4.84 Å². The molecule has 1 aromatic carbocycles. The minimum absolute atomic E-state index is 0.190. The number of benzene rings is 1. The molecule has 7 heteroatoms. The highest BCUT2D eigenvalue weighted by atomic mass is 19.4. The van der Waals surface area contributed by atoms with Gasteiger partial charge in [0.1, 0.15) is 0 Å². The molecule has 15 heavy (non-hydrogen) atoms. The van der Waals surface area contributed by atoms with E-state index in [1.807, 2.05) is 0 Å². The average molecular weight is 227 g/mol. The molecule has 1 aromatic rings. The predicted octanol–water partition coefficient (Wildman–Crippen LogP) is 3.27. The van der Waals surface area contributed by atoms with Crippen molar-refractivity contribution >= 4 is 5.69 Å². The zero-order valence-corrected chi connectivity index (χ0v) is 7.18. The second kappa shape index (κ2) is 4.43. The van der Waals surface area contributed by atoms with Crippen molar-refractivity contribution in [1.82, 2.24) is 0 Å². The highest BCUT2D eigenvalue weighted by Gasteiger charge is 2.30. The lowest BCUT2D eigenvalue weighted by molar-refractivity contribution is -0.137. The summed E-state index contributed by atoms with van der Waals surface area (Å²) < 4.78 is 59.5. The van der Waals surface area contributed by atoms with Crippen LogP contribution in [0, 0.1) is 0 Å². The van der Waals surface area contributed by atoms with Crippen molar-refractivity contribution in [2.45, 2.75) is 12.8 Å². The first-order valence-corrected chi connectivity index (χ1v) is 3.76. The molecule has 0 radical (unpaired) electrons. The summed E-state index contributed by atoms with van der Waals surface area (Å²) in [6.45, 7) is -3.10. The Morgan fingerprint density at radius 1 is 1.20 bits per heavy atom. The fourth-order valence-corrected chi connectivity index (χ4v) is 0.872. The SMILES string of the molecule is FC(F)ONc1cccc(C(F)(F)F)c1. The zero-order valence-electron chi connectivity index (χ0n) is 7.18. The Kier molecular flexibility index (Phi) is 3.46. The summed E-state index contributed by atoms with van der Waals surface area (Å²) in [7, 11) is 0. The van der Waals surface area contributed by atoms with Crippen LogP contribution in [0.5, 0.6) is 0 Å². The lowest BCUT2D eigenvalue weighted by Gasteiger charge is -2.09. The van der Waals surface area contributed by atoms with Crippen LogP contribution in [0.3, 0.4) is 0 Å². The van der Waals surface area contributed by atoms with Crippen LogP contribution in [-0.2, 0) is 11.0 Å². The molecule has 1 N–H and O–H groups in total. The van der Waals surface area contributed by atoms with E-state index in [0.717, 1.165) is 12.1 Å². The Balaban J connectivity index is 2.75. The summed E-state index contributed by atoms with van der Waals surface area (Å²) in [6.07, 6.45) is -4.51. The zero-order chi connectivity index (χ0) is 11.5. The molecule has 0 unspecified atom stereocenters. The Morgan fingerprint density at radius 3 is 2.40 bits per heavy atom. The first-order chi connectivity index (χ1) is 6.89. The van der Waals surface area contributed by atoms with Gasteiger partial charge in [-0.25, -0.2) is 4.84 Å². The normalized spacial score (nSPS) is 11.9. The topological polar surface area (TPSA) is 21.3 Å². The lowest BCUT2D eigenvalue weighted by Crippen LogP contribution is -2.09. The average Bonchev–Trinajstić information content (AvgIpc) is 2.14. The molecular formula is C8H6F5NO. The van der Waals surface area contributed by atoms with E-state index in [1.54, 1.807) is 5.48 Å². The van der Waals surface area contributed by atoms with E-state index in [-0.39, 0.29) is 5.69 Å². The molecule has 0 saturated heterocycles. The van der Waals surface area contributed by atoms with Crippen LogP contribution in [0.25, 0.3) is 0 Å². The molecule has 0 atom stereocenters. The monoisotopic (exact) mass is 227 g/mol. The van der Waals surface area contributed by atoms with Crippen LogP contribution >= 0.6 is 0 Å². The minimum Gasteiger partial charge on any atom is -0.261 e. The number of hydrogen-bond acceptors (Lipinski definition) is 2. The van der Waals surface area contributed by atoms with Gasteiger partial charge in [-0.3, -0.25) is 5.48 Å². The van der Waals surface area contributed by atoms with Crippen LogP contribution in [-0.4, -0.2) is 6.61 Å². The molecule has 0 spiro atoms. The first-order valence-electron chi connectivity index (χ1n) is 3.76. The number of rotatable bonds is 3. The molecule has 0 fully saturated rings. The summed E-state index contributed by atoms with van der Waals surface area (Å²) in [4.78, 5) is 3.64. The molecule has 0 saturated carbocycles. The molecule has 0 aromatic heterocycles. The van der Waals surface area contributed by atoms with E-state index >= 15 is 0 Å². The molecule has 0 aliphatic rings. The van der Waals surface area contributed by atoms with Gasteiger partial charge in [-0.1, -0.05) is 6.07 Å². The van der Waals surface area contributed by atoms with Crippen molar-refractivity contribution in [3.63, 3.8) is 0 Å². The number of alkyl halides is 5. The van der Waals surface area contributed by atoms with E-state index < -0.39 is 18.4 Å². The summed E-state index contributed by atoms with van der Waals surface area (Å²) in [5.74, 6) is 0. The van der Waals surface area contributed by atoms with Crippen LogP contribution in [0.2, 0.25) is 0 Å². The number of hydrogen-bond donors (Lipinski definition) is 1. The van der Waals surface area contributed by atoms with Crippen molar-refractivity contribution in [2.75, 3.05) is 5.48 Å². The van der Waals surface area contributed by atoms with Crippen molar-refractivity contribution < 1.29 is 26.8 Å². The standard InChI is InChI=1S/C8H6F5NO/c9-7(10)15-14-6-3-1-2-5(4-6)8(11,12)13/h1-4,7,14H.